The van der Waals surface area contributed by atoms with Gasteiger partial charge in [0, 0.05) is 10.6 Å². The molecule has 118 valence electrons. The van der Waals surface area contributed by atoms with Gasteiger partial charge in [-0.2, -0.15) is 0 Å². The van der Waals surface area contributed by atoms with E-state index in [2.05, 4.69) is 10.6 Å². The Morgan fingerprint density at radius 1 is 1.26 bits per heavy atom. The number of hydrogen-bond donors (Lipinski definition) is 2. The molecule has 0 saturated carbocycles. The smallest absolute Gasteiger partial charge is 0.262 e. The lowest BCUT2D eigenvalue weighted by atomic mass is 10.1. The summed E-state index contributed by atoms with van der Waals surface area (Å²) in [5.41, 5.74) is 2.01. The summed E-state index contributed by atoms with van der Waals surface area (Å²) in [7, 11) is 0. The van der Waals surface area contributed by atoms with Gasteiger partial charge in [-0.25, -0.2) is 0 Å². The van der Waals surface area contributed by atoms with Crippen molar-refractivity contribution in [2.75, 3.05) is 11.9 Å². The van der Waals surface area contributed by atoms with Gasteiger partial charge >= 0.3 is 0 Å². The van der Waals surface area contributed by atoms with Crippen molar-refractivity contribution in [3.63, 3.8) is 0 Å². The van der Waals surface area contributed by atoms with Crippen LogP contribution in [-0.2, 0) is 4.79 Å². The number of hydrogen-bond acceptors (Lipinski definition) is 3. The Morgan fingerprint density at radius 3 is 2.74 bits per heavy atom. The molecule has 0 aliphatic carbocycles. The Kier molecular flexibility index (Phi) is 4.21. The highest BCUT2D eigenvalue weighted by molar-refractivity contribution is 6.30. The van der Waals surface area contributed by atoms with Gasteiger partial charge in [0.2, 0.25) is 0 Å². The number of anilines is 1. The molecule has 0 spiro atoms. The van der Waals surface area contributed by atoms with Crippen LogP contribution in [0.25, 0.3) is 0 Å². The fourth-order valence-corrected chi connectivity index (χ4v) is 2.46. The SMILES string of the molecule is C[C@H](NC(=O)c1ccc2c(c1)OCC(=O)N2)c1ccc(Cl)cc1. The molecule has 1 atom stereocenters. The molecule has 2 amide bonds. The lowest BCUT2D eigenvalue weighted by Crippen LogP contribution is -2.28. The van der Waals surface area contributed by atoms with Crippen molar-refractivity contribution in [2.45, 2.75) is 13.0 Å². The van der Waals surface area contributed by atoms with Gasteiger partial charge in [0.15, 0.2) is 6.61 Å². The first-order valence-electron chi connectivity index (χ1n) is 7.16. The summed E-state index contributed by atoms with van der Waals surface area (Å²) in [6.07, 6.45) is 0. The molecular weight excluding hydrogens is 316 g/mol. The lowest BCUT2D eigenvalue weighted by Gasteiger charge is -2.19. The van der Waals surface area contributed by atoms with Crippen molar-refractivity contribution in [3.05, 3.63) is 58.6 Å². The molecule has 1 aliphatic rings. The van der Waals surface area contributed by atoms with Crippen molar-refractivity contribution in [2.24, 2.45) is 0 Å². The van der Waals surface area contributed by atoms with E-state index in [-0.39, 0.29) is 24.5 Å². The van der Waals surface area contributed by atoms with Crippen LogP contribution in [-0.4, -0.2) is 18.4 Å². The third-order valence-electron chi connectivity index (χ3n) is 3.59. The molecule has 6 heteroatoms. The Labute approximate surface area is 138 Å². The highest BCUT2D eigenvalue weighted by atomic mass is 35.5. The van der Waals surface area contributed by atoms with E-state index < -0.39 is 0 Å². The van der Waals surface area contributed by atoms with Gasteiger partial charge in [-0.05, 0) is 42.8 Å². The Bertz CT molecular complexity index is 759. The minimum Gasteiger partial charge on any atom is -0.482 e. The highest BCUT2D eigenvalue weighted by Crippen LogP contribution is 2.28. The fourth-order valence-electron chi connectivity index (χ4n) is 2.33. The van der Waals surface area contributed by atoms with E-state index in [0.29, 0.717) is 22.0 Å². The molecule has 2 aromatic rings. The number of rotatable bonds is 3. The molecule has 1 aliphatic heterocycles. The molecule has 0 radical (unpaired) electrons. The zero-order valence-electron chi connectivity index (χ0n) is 12.4. The summed E-state index contributed by atoms with van der Waals surface area (Å²) in [5.74, 6) is 0.0817. The molecule has 0 bridgehead atoms. The van der Waals surface area contributed by atoms with Crippen LogP contribution in [0.15, 0.2) is 42.5 Å². The standard InChI is InChI=1S/C17H15ClN2O3/c1-10(11-2-5-13(18)6-3-11)19-17(22)12-4-7-14-15(8-12)23-9-16(21)20-14/h2-8,10H,9H2,1H3,(H,19,22)(H,20,21)/t10-/m0/s1. The number of nitrogens with one attached hydrogen (secondary N) is 2. The van der Waals surface area contributed by atoms with Crippen LogP contribution in [0.5, 0.6) is 5.75 Å². The van der Waals surface area contributed by atoms with Crippen molar-refractivity contribution in [1.29, 1.82) is 0 Å². The first kappa shape index (κ1) is 15.4. The molecule has 0 saturated heterocycles. The molecule has 0 fully saturated rings. The monoisotopic (exact) mass is 330 g/mol. The average molecular weight is 331 g/mol. The lowest BCUT2D eigenvalue weighted by molar-refractivity contribution is -0.118. The van der Waals surface area contributed by atoms with E-state index in [1.54, 1.807) is 30.3 Å². The molecule has 5 nitrogen and oxygen atoms in total. The number of carbonyl (C=O) groups is 2. The second-order valence-corrected chi connectivity index (χ2v) is 5.73. The van der Waals surface area contributed by atoms with E-state index in [1.165, 1.54) is 0 Å². The van der Waals surface area contributed by atoms with Crippen molar-refractivity contribution in [3.8, 4) is 5.75 Å². The van der Waals surface area contributed by atoms with Crippen LogP contribution in [0.1, 0.15) is 28.9 Å². The predicted octanol–water partition coefficient (Wildman–Crippen LogP) is 3.16. The minimum atomic E-state index is -0.212. The van der Waals surface area contributed by atoms with Gasteiger partial charge in [0.25, 0.3) is 11.8 Å². The summed E-state index contributed by atoms with van der Waals surface area (Å²) in [6.45, 7) is 1.86. The quantitative estimate of drug-likeness (QED) is 0.908. The average Bonchev–Trinajstić information content (AvgIpc) is 2.54. The molecule has 2 aromatic carbocycles. The third kappa shape index (κ3) is 3.46. The molecule has 1 heterocycles. The van der Waals surface area contributed by atoms with E-state index in [4.69, 9.17) is 16.3 Å². The second kappa shape index (κ2) is 6.30. The second-order valence-electron chi connectivity index (χ2n) is 5.29. The van der Waals surface area contributed by atoms with Crippen LogP contribution in [0, 0.1) is 0 Å². The first-order chi connectivity index (χ1) is 11.0. The number of halogens is 1. The van der Waals surface area contributed by atoms with Gasteiger partial charge in [0.1, 0.15) is 5.75 Å². The minimum absolute atomic E-state index is 0.0424. The molecule has 0 unspecified atom stereocenters. The maximum atomic E-state index is 12.4. The summed E-state index contributed by atoms with van der Waals surface area (Å²) in [5, 5.41) is 6.27. The Balaban J connectivity index is 1.73. The van der Waals surface area contributed by atoms with E-state index in [0.717, 1.165) is 5.56 Å². The zero-order valence-corrected chi connectivity index (χ0v) is 13.2. The number of benzene rings is 2. The molecule has 3 rings (SSSR count). The summed E-state index contributed by atoms with van der Waals surface area (Å²) in [6, 6.07) is 12.1. The van der Waals surface area contributed by atoms with Crippen molar-refractivity contribution < 1.29 is 14.3 Å². The van der Waals surface area contributed by atoms with E-state index >= 15 is 0 Å². The van der Waals surface area contributed by atoms with Gasteiger partial charge in [-0.1, -0.05) is 23.7 Å². The summed E-state index contributed by atoms with van der Waals surface area (Å²) in [4.78, 5) is 23.6. The largest absolute Gasteiger partial charge is 0.482 e. The van der Waals surface area contributed by atoms with Crippen molar-refractivity contribution in [1.82, 2.24) is 5.32 Å². The topological polar surface area (TPSA) is 67.4 Å². The normalized spacial score (nSPS) is 14.3. The van der Waals surface area contributed by atoms with E-state index in [9.17, 15) is 9.59 Å². The zero-order chi connectivity index (χ0) is 16.4. The molecule has 23 heavy (non-hydrogen) atoms. The van der Waals surface area contributed by atoms with Gasteiger partial charge in [-0.3, -0.25) is 9.59 Å². The van der Waals surface area contributed by atoms with Gasteiger partial charge in [0.05, 0.1) is 11.7 Å². The number of amides is 2. The predicted molar refractivity (Wildman–Crippen MR) is 87.9 cm³/mol. The summed E-state index contributed by atoms with van der Waals surface area (Å²) >= 11 is 5.86. The molecular formula is C17H15ClN2O3. The third-order valence-corrected chi connectivity index (χ3v) is 3.85. The number of ether oxygens (including phenoxy) is 1. The highest BCUT2D eigenvalue weighted by Gasteiger charge is 2.18. The van der Waals surface area contributed by atoms with Crippen LogP contribution in [0.4, 0.5) is 5.69 Å². The Hall–Kier alpha value is -2.53. The Morgan fingerprint density at radius 2 is 2.00 bits per heavy atom. The maximum absolute atomic E-state index is 12.4. The molecule has 2 N–H and O–H groups in total. The number of carbonyl (C=O) groups excluding carboxylic acids is 2. The molecule has 0 aromatic heterocycles. The van der Waals surface area contributed by atoms with Crippen LogP contribution in [0.2, 0.25) is 5.02 Å². The van der Waals surface area contributed by atoms with Crippen molar-refractivity contribution >= 4 is 29.1 Å². The first-order valence-corrected chi connectivity index (χ1v) is 7.54. The van der Waals surface area contributed by atoms with E-state index in [1.807, 2.05) is 19.1 Å². The number of fused-ring (bicyclic) bond motifs is 1. The van der Waals surface area contributed by atoms with Crippen LogP contribution in [0.3, 0.4) is 0 Å². The maximum Gasteiger partial charge on any atom is 0.262 e. The summed E-state index contributed by atoms with van der Waals surface area (Å²) < 4.78 is 5.32. The van der Waals surface area contributed by atoms with Gasteiger partial charge in [-0.15, -0.1) is 0 Å². The van der Waals surface area contributed by atoms with Crippen LogP contribution >= 0.6 is 11.6 Å². The van der Waals surface area contributed by atoms with Crippen LogP contribution < -0.4 is 15.4 Å². The fraction of sp³-hybridized carbons (Fsp3) is 0.176. The van der Waals surface area contributed by atoms with Gasteiger partial charge < -0.3 is 15.4 Å².